The van der Waals surface area contributed by atoms with Gasteiger partial charge in [0, 0.05) is 38.8 Å². The maximum absolute atomic E-state index is 14.0. The third kappa shape index (κ3) is 3.38. The third-order valence-electron chi connectivity index (χ3n) is 5.27. The van der Waals surface area contributed by atoms with Gasteiger partial charge in [0.15, 0.2) is 0 Å². The molecule has 10 heteroatoms. The Bertz CT molecular complexity index is 969. The van der Waals surface area contributed by atoms with Crippen molar-refractivity contribution in [1.29, 1.82) is 5.26 Å². The molecule has 0 aliphatic carbocycles. The second kappa shape index (κ2) is 7.18. The molecule has 1 aliphatic heterocycles. The van der Waals surface area contributed by atoms with Crippen LogP contribution in [0, 0.1) is 18.3 Å². The zero-order valence-electron chi connectivity index (χ0n) is 15.8. The van der Waals surface area contributed by atoms with E-state index < -0.39 is 11.7 Å². The molecule has 1 fully saturated rings. The minimum absolute atomic E-state index is 0.0284. The van der Waals surface area contributed by atoms with Gasteiger partial charge >= 0.3 is 6.05 Å². The molecule has 0 radical (unpaired) electrons. The van der Waals surface area contributed by atoms with Crippen LogP contribution in [0.3, 0.4) is 0 Å². The lowest BCUT2D eigenvalue weighted by Crippen LogP contribution is -2.45. The lowest BCUT2D eigenvalue weighted by atomic mass is 10.0. The quantitative estimate of drug-likeness (QED) is 0.757. The average molecular weight is 411 g/mol. The Morgan fingerprint density at radius 2 is 2.07 bits per heavy atom. The molecule has 150 valence electrons. The molecule has 2 aromatic heterocycles. The van der Waals surface area contributed by atoms with E-state index in [1.165, 1.54) is 6.92 Å². The number of amides is 1. The number of fused-ring (bicyclic) bond motifs is 1. The number of hydrogen-bond donors (Lipinski definition) is 2. The Hall–Kier alpha value is -2.44. The summed E-state index contributed by atoms with van der Waals surface area (Å²) in [5.41, 5.74) is 5.45. The van der Waals surface area contributed by atoms with Crippen molar-refractivity contribution in [1.82, 2.24) is 14.9 Å². The topological polar surface area (TPSA) is 102 Å². The summed E-state index contributed by atoms with van der Waals surface area (Å²) in [6.07, 6.45) is 1.29. The van der Waals surface area contributed by atoms with Crippen molar-refractivity contribution in [3.05, 3.63) is 22.0 Å². The molecular weight excluding hydrogens is 390 g/mol. The van der Waals surface area contributed by atoms with Gasteiger partial charge in [-0.2, -0.15) is 14.0 Å². The molecule has 1 saturated heterocycles. The van der Waals surface area contributed by atoms with Crippen LogP contribution in [0.1, 0.15) is 36.7 Å². The van der Waals surface area contributed by atoms with E-state index in [4.69, 9.17) is 17.3 Å². The predicted octanol–water partition coefficient (Wildman–Crippen LogP) is 2.85. The van der Waals surface area contributed by atoms with Gasteiger partial charge < -0.3 is 14.8 Å². The number of pyridine rings is 1. The van der Waals surface area contributed by atoms with E-state index >= 15 is 0 Å². The maximum Gasteiger partial charge on any atom is 0.345 e. The van der Waals surface area contributed by atoms with Crippen LogP contribution >= 0.6 is 11.6 Å². The minimum Gasteiger partial charge on any atom is -0.369 e. The number of carbonyl (C=O) groups is 1. The largest absolute Gasteiger partial charge is 0.369 e. The van der Waals surface area contributed by atoms with Crippen LogP contribution in [0.2, 0.25) is 5.02 Å². The molecule has 7 nitrogen and oxygen atoms in total. The Morgan fingerprint density at radius 3 is 2.57 bits per heavy atom. The molecule has 3 N–H and O–H groups in total. The van der Waals surface area contributed by atoms with Crippen molar-refractivity contribution in [3.8, 4) is 6.07 Å². The number of alkyl halides is 2. The Balaban J connectivity index is 2.11. The molecule has 0 bridgehead atoms. The van der Waals surface area contributed by atoms with E-state index in [9.17, 15) is 18.8 Å². The van der Waals surface area contributed by atoms with Gasteiger partial charge in [-0.05, 0) is 19.8 Å². The molecule has 0 spiro atoms. The normalized spacial score (nSPS) is 15.7. The van der Waals surface area contributed by atoms with E-state index in [1.54, 1.807) is 18.9 Å². The highest BCUT2D eigenvalue weighted by Gasteiger charge is 2.36. The molecule has 0 saturated carbocycles. The van der Waals surface area contributed by atoms with Crippen molar-refractivity contribution >= 4 is 34.2 Å². The number of nitrogens with zero attached hydrogens (tertiary/aromatic N) is 4. The summed E-state index contributed by atoms with van der Waals surface area (Å²) < 4.78 is 28.0. The number of hydrogen-bond acceptors (Lipinski definition) is 5. The predicted molar refractivity (Wildman–Crippen MR) is 102 cm³/mol. The number of nitriles is 1. The Kier molecular flexibility index (Phi) is 5.21. The van der Waals surface area contributed by atoms with Gasteiger partial charge in [-0.25, -0.2) is 4.98 Å². The van der Waals surface area contributed by atoms with Crippen molar-refractivity contribution in [2.45, 2.75) is 38.8 Å². The Morgan fingerprint density at radius 1 is 1.46 bits per heavy atom. The molecule has 0 aromatic carbocycles. The molecule has 28 heavy (non-hydrogen) atoms. The number of anilines is 1. The number of rotatable bonds is 3. The van der Waals surface area contributed by atoms with Crippen LogP contribution < -0.4 is 10.6 Å². The van der Waals surface area contributed by atoms with Crippen molar-refractivity contribution < 1.29 is 13.6 Å². The molecule has 0 atom stereocenters. The minimum atomic E-state index is -3.78. The number of nitrogens with two attached hydrogens (primary N) is 1. The molecule has 1 aliphatic rings. The zero-order chi connectivity index (χ0) is 20.8. The second-order valence-corrected chi connectivity index (χ2v) is 7.43. The van der Waals surface area contributed by atoms with Gasteiger partial charge in [0.1, 0.15) is 22.8 Å². The van der Waals surface area contributed by atoms with Crippen LogP contribution in [0.5, 0.6) is 0 Å². The second-order valence-electron chi connectivity index (χ2n) is 7.05. The SMILES string of the molecule is CC(=O)N(C)C1CCN(c2c(C#N)c(C(N)(F)F)nc3c(Cl)c(C)[nH]c23)CC1. The van der Waals surface area contributed by atoms with Gasteiger partial charge in [0.25, 0.3) is 0 Å². The van der Waals surface area contributed by atoms with Crippen molar-refractivity contribution in [2.24, 2.45) is 5.73 Å². The maximum atomic E-state index is 14.0. The average Bonchev–Trinajstić information content (AvgIpc) is 2.93. The first kappa shape index (κ1) is 20.3. The number of H-pyrrole nitrogens is 1. The molecule has 1 amide bonds. The molecule has 2 aromatic rings. The van der Waals surface area contributed by atoms with E-state index in [0.29, 0.717) is 42.8 Å². The number of aryl methyl sites for hydroxylation is 1. The van der Waals surface area contributed by atoms with Gasteiger partial charge in [0.2, 0.25) is 5.91 Å². The summed E-state index contributed by atoms with van der Waals surface area (Å²) in [4.78, 5) is 22.1. The monoisotopic (exact) mass is 410 g/mol. The van der Waals surface area contributed by atoms with E-state index in [1.807, 2.05) is 11.0 Å². The fourth-order valence-electron chi connectivity index (χ4n) is 3.67. The number of aromatic amines is 1. The molecule has 3 rings (SSSR count). The summed E-state index contributed by atoms with van der Waals surface area (Å²) in [7, 11) is 1.75. The van der Waals surface area contributed by atoms with Crippen LogP contribution in [0.25, 0.3) is 11.0 Å². The van der Waals surface area contributed by atoms with Crippen LogP contribution in [0.15, 0.2) is 0 Å². The van der Waals surface area contributed by atoms with Crippen molar-refractivity contribution in [3.63, 3.8) is 0 Å². The molecular formula is C18H21ClF2N6O. The highest BCUT2D eigenvalue weighted by atomic mass is 35.5. The van der Waals surface area contributed by atoms with Gasteiger partial charge in [-0.15, -0.1) is 0 Å². The van der Waals surface area contributed by atoms with Crippen LogP contribution in [-0.4, -0.2) is 47.0 Å². The number of nitrogens with one attached hydrogen (secondary N) is 1. The first-order valence-electron chi connectivity index (χ1n) is 8.83. The van der Waals surface area contributed by atoms with Crippen LogP contribution in [-0.2, 0) is 10.8 Å². The van der Waals surface area contributed by atoms with Crippen LogP contribution in [0.4, 0.5) is 14.5 Å². The van der Waals surface area contributed by atoms with Gasteiger partial charge in [0.05, 0.1) is 16.2 Å². The lowest BCUT2D eigenvalue weighted by Gasteiger charge is -2.38. The van der Waals surface area contributed by atoms with Gasteiger partial charge in [-0.3, -0.25) is 10.5 Å². The summed E-state index contributed by atoms with van der Waals surface area (Å²) in [6.45, 7) is 4.18. The fraction of sp³-hybridized carbons (Fsp3) is 0.500. The molecule has 3 heterocycles. The highest BCUT2D eigenvalue weighted by Crippen LogP contribution is 2.40. The van der Waals surface area contributed by atoms with E-state index in [0.717, 1.165) is 0 Å². The number of halogens is 3. The Labute approximate surface area is 166 Å². The highest BCUT2D eigenvalue weighted by molar-refractivity contribution is 6.36. The van der Waals surface area contributed by atoms with Crippen molar-refractivity contribution in [2.75, 3.05) is 25.0 Å². The fourth-order valence-corrected chi connectivity index (χ4v) is 3.85. The summed E-state index contributed by atoms with van der Waals surface area (Å²) in [6, 6.07) is -1.88. The zero-order valence-corrected chi connectivity index (χ0v) is 16.6. The number of carbonyl (C=O) groups excluding carboxylic acids is 1. The number of piperidine rings is 1. The smallest absolute Gasteiger partial charge is 0.345 e. The van der Waals surface area contributed by atoms with Gasteiger partial charge in [-0.1, -0.05) is 11.6 Å². The van der Waals surface area contributed by atoms with E-state index in [-0.39, 0.29) is 28.1 Å². The van der Waals surface area contributed by atoms with E-state index in [2.05, 4.69) is 9.97 Å². The summed E-state index contributed by atoms with van der Waals surface area (Å²) >= 11 is 6.24. The first-order chi connectivity index (χ1) is 13.1. The molecule has 0 unspecified atom stereocenters. The standard InChI is InChI=1S/C18H21ClF2N6O/c1-9-13(19)14-15(24-9)16(12(8-22)17(25-14)18(20,21)23)27-6-4-11(5-7-27)26(3)10(2)28/h11,24H,4-7,23H2,1-3H3. The third-order valence-corrected chi connectivity index (χ3v) is 5.74. The summed E-state index contributed by atoms with van der Waals surface area (Å²) in [5, 5.41) is 9.86. The number of aromatic nitrogens is 2. The lowest BCUT2D eigenvalue weighted by molar-refractivity contribution is -0.129. The first-order valence-corrected chi connectivity index (χ1v) is 9.21. The summed E-state index contributed by atoms with van der Waals surface area (Å²) in [5.74, 6) is -0.0284.